The number of aryl methyl sites for hydroxylation is 1. The number of nitrogens with zero attached hydrogens (tertiary/aromatic N) is 4. The Morgan fingerprint density at radius 1 is 1.24 bits per heavy atom. The van der Waals surface area contributed by atoms with E-state index in [9.17, 15) is 13.2 Å². The fourth-order valence-electron chi connectivity index (χ4n) is 2.94. The van der Waals surface area contributed by atoms with Gasteiger partial charge in [0.15, 0.2) is 0 Å². The molecule has 1 amide bonds. The molecule has 1 atom stereocenters. The number of rotatable bonds is 4. The van der Waals surface area contributed by atoms with Gasteiger partial charge in [0.25, 0.3) is 0 Å². The molecule has 0 radical (unpaired) electrons. The Balaban J connectivity index is 1.89. The van der Waals surface area contributed by atoms with E-state index in [4.69, 9.17) is 4.74 Å². The van der Waals surface area contributed by atoms with Crippen molar-refractivity contribution >= 4 is 21.6 Å². The van der Waals surface area contributed by atoms with Crippen molar-refractivity contribution in [2.45, 2.75) is 17.9 Å². The number of aromatic nitrogens is 2. The van der Waals surface area contributed by atoms with Gasteiger partial charge in [0.05, 0.1) is 19.0 Å². The van der Waals surface area contributed by atoms with Gasteiger partial charge in [-0.25, -0.2) is 8.42 Å². The van der Waals surface area contributed by atoms with Gasteiger partial charge in [-0.1, -0.05) is 12.1 Å². The van der Waals surface area contributed by atoms with E-state index in [2.05, 4.69) is 5.10 Å². The third-order valence-electron chi connectivity index (χ3n) is 4.26. The summed E-state index contributed by atoms with van der Waals surface area (Å²) in [6.07, 6.45) is 2.72. The lowest BCUT2D eigenvalue weighted by atomic mass is 10.2. The molecule has 9 heteroatoms. The molecule has 1 aromatic heterocycles. The summed E-state index contributed by atoms with van der Waals surface area (Å²) in [7, 11) is -0.590. The van der Waals surface area contributed by atoms with E-state index in [0.29, 0.717) is 11.4 Å². The molecule has 0 saturated carbocycles. The summed E-state index contributed by atoms with van der Waals surface area (Å²) in [5.74, 6) is 0.287. The van der Waals surface area contributed by atoms with Crippen LogP contribution in [0.15, 0.2) is 41.6 Å². The van der Waals surface area contributed by atoms with Crippen molar-refractivity contribution in [3.05, 3.63) is 36.7 Å². The van der Waals surface area contributed by atoms with Crippen LogP contribution in [0.25, 0.3) is 0 Å². The van der Waals surface area contributed by atoms with Crippen LogP contribution in [-0.2, 0) is 21.9 Å². The lowest BCUT2D eigenvalue weighted by Crippen LogP contribution is -2.57. The van der Waals surface area contributed by atoms with E-state index >= 15 is 0 Å². The van der Waals surface area contributed by atoms with Crippen LogP contribution in [0.5, 0.6) is 5.75 Å². The van der Waals surface area contributed by atoms with Crippen LogP contribution in [0, 0.1) is 0 Å². The van der Waals surface area contributed by atoms with E-state index in [0.717, 1.165) is 0 Å². The number of piperazine rings is 1. The zero-order valence-corrected chi connectivity index (χ0v) is 15.1. The minimum atomic E-state index is -3.77. The highest BCUT2D eigenvalue weighted by atomic mass is 32.2. The highest BCUT2D eigenvalue weighted by Gasteiger charge is 2.40. The second-order valence-corrected chi connectivity index (χ2v) is 7.69. The number of methoxy groups -OCH3 is 1. The van der Waals surface area contributed by atoms with Crippen molar-refractivity contribution < 1.29 is 17.9 Å². The van der Waals surface area contributed by atoms with Crippen molar-refractivity contribution in [2.24, 2.45) is 7.05 Å². The van der Waals surface area contributed by atoms with Crippen LogP contribution in [0.4, 0.5) is 5.69 Å². The summed E-state index contributed by atoms with van der Waals surface area (Å²) in [6, 6.07) is 6.37. The molecule has 0 spiro atoms. The molecule has 3 rings (SSSR count). The van der Waals surface area contributed by atoms with Crippen LogP contribution in [0.2, 0.25) is 0 Å². The van der Waals surface area contributed by atoms with Crippen molar-refractivity contribution in [2.75, 3.05) is 25.1 Å². The Hall–Kier alpha value is -2.39. The molecule has 8 nitrogen and oxygen atoms in total. The number of hydrogen-bond acceptors (Lipinski definition) is 5. The molecule has 1 fully saturated rings. The molecule has 0 N–H and O–H groups in total. The summed E-state index contributed by atoms with van der Waals surface area (Å²) < 4.78 is 33.6. The zero-order valence-electron chi connectivity index (χ0n) is 14.3. The predicted octanol–water partition coefficient (Wildman–Crippen LogP) is 0.855. The Bertz CT molecular complexity index is 893. The summed E-state index contributed by atoms with van der Waals surface area (Å²) in [5.41, 5.74) is 0.639. The molecule has 0 unspecified atom stereocenters. The Kier molecular flexibility index (Phi) is 4.53. The summed E-state index contributed by atoms with van der Waals surface area (Å²) in [5, 5.41) is 3.91. The molecule has 2 aromatic rings. The number of para-hydroxylation sites is 2. The summed E-state index contributed by atoms with van der Waals surface area (Å²) in [6.45, 7) is 2.04. The molecule has 25 heavy (non-hydrogen) atoms. The highest BCUT2D eigenvalue weighted by Crippen LogP contribution is 2.31. The van der Waals surface area contributed by atoms with E-state index in [-0.39, 0.29) is 23.9 Å². The zero-order chi connectivity index (χ0) is 18.2. The van der Waals surface area contributed by atoms with Crippen LogP contribution in [0.1, 0.15) is 6.92 Å². The number of anilines is 1. The van der Waals surface area contributed by atoms with Gasteiger partial charge >= 0.3 is 0 Å². The SMILES string of the molecule is COc1ccccc1N1CCN(S(=O)(=O)c2cnn(C)c2)[C@H](C)C1=O. The minimum Gasteiger partial charge on any atom is -0.495 e. The lowest BCUT2D eigenvalue weighted by Gasteiger charge is -2.38. The van der Waals surface area contributed by atoms with Crippen molar-refractivity contribution in [1.29, 1.82) is 0 Å². The molecule has 134 valence electrons. The minimum absolute atomic E-state index is 0.0837. The van der Waals surface area contributed by atoms with Gasteiger partial charge < -0.3 is 9.64 Å². The molecule has 1 aromatic carbocycles. The number of hydrogen-bond donors (Lipinski definition) is 0. The maximum absolute atomic E-state index is 12.8. The van der Waals surface area contributed by atoms with E-state index in [1.54, 1.807) is 31.0 Å². The second kappa shape index (κ2) is 6.49. The van der Waals surface area contributed by atoms with Gasteiger partial charge in [-0.05, 0) is 19.1 Å². The fourth-order valence-corrected chi connectivity index (χ4v) is 4.50. The standard InChI is InChI=1S/C16H20N4O4S/c1-12-16(21)19(14-6-4-5-7-15(14)24-3)8-9-20(12)25(22,23)13-10-17-18(2)11-13/h4-7,10-12H,8-9H2,1-3H3/t12-/m1/s1. The third kappa shape index (κ3) is 3.00. The van der Waals surface area contributed by atoms with Crippen molar-refractivity contribution in [1.82, 2.24) is 14.1 Å². The van der Waals surface area contributed by atoms with Crippen molar-refractivity contribution in [3.63, 3.8) is 0 Å². The van der Waals surface area contributed by atoms with E-state index in [1.807, 2.05) is 12.1 Å². The molecule has 1 aliphatic rings. The molecular formula is C16H20N4O4S. The number of ether oxygens (including phenoxy) is 1. The normalized spacial score (nSPS) is 19.2. The van der Waals surface area contributed by atoms with Crippen LogP contribution < -0.4 is 9.64 Å². The molecule has 0 aliphatic carbocycles. The largest absolute Gasteiger partial charge is 0.495 e. The van der Waals surface area contributed by atoms with Crippen LogP contribution in [-0.4, -0.2) is 54.7 Å². The first-order valence-corrected chi connectivity index (χ1v) is 9.25. The van der Waals surface area contributed by atoms with Crippen molar-refractivity contribution in [3.8, 4) is 5.75 Å². The first-order chi connectivity index (χ1) is 11.9. The van der Waals surface area contributed by atoms with Gasteiger partial charge in [-0.3, -0.25) is 9.48 Å². The Labute approximate surface area is 146 Å². The van der Waals surface area contributed by atoms with Crippen LogP contribution in [0.3, 0.4) is 0 Å². The molecular weight excluding hydrogens is 344 g/mol. The molecule has 0 bridgehead atoms. The maximum atomic E-state index is 12.8. The number of sulfonamides is 1. The molecule has 2 heterocycles. The van der Waals surface area contributed by atoms with Gasteiger partial charge in [-0.2, -0.15) is 9.40 Å². The summed E-state index contributed by atoms with van der Waals surface area (Å²) >= 11 is 0. The average molecular weight is 364 g/mol. The Morgan fingerprint density at radius 3 is 2.60 bits per heavy atom. The molecule has 1 aliphatic heterocycles. The topological polar surface area (TPSA) is 84.7 Å². The monoisotopic (exact) mass is 364 g/mol. The third-order valence-corrected chi connectivity index (χ3v) is 6.19. The molecule has 1 saturated heterocycles. The average Bonchev–Trinajstić information content (AvgIpc) is 3.04. The number of benzene rings is 1. The first kappa shape index (κ1) is 17.4. The summed E-state index contributed by atoms with van der Waals surface area (Å²) in [4.78, 5) is 14.5. The Morgan fingerprint density at radius 2 is 1.96 bits per heavy atom. The predicted molar refractivity (Wildman–Crippen MR) is 91.9 cm³/mol. The van der Waals surface area contributed by atoms with E-state index < -0.39 is 16.1 Å². The number of carbonyl (C=O) groups is 1. The van der Waals surface area contributed by atoms with Gasteiger partial charge in [0.1, 0.15) is 16.7 Å². The lowest BCUT2D eigenvalue weighted by molar-refractivity contribution is -0.123. The number of amides is 1. The number of carbonyl (C=O) groups excluding carboxylic acids is 1. The van der Waals surface area contributed by atoms with E-state index in [1.165, 1.54) is 28.5 Å². The maximum Gasteiger partial charge on any atom is 0.246 e. The van der Waals surface area contributed by atoms with Gasteiger partial charge in [-0.15, -0.1) is 0 Å². The van der Waals surface area contributed by atoms with Gasteiger partial charge in [0.2, 0.25) is 15.9 Å². The first-order valence-electron chi connectivity index (χ1n) is 7.81. The van der Waals surface area contributed by atoms with Gasteiger partial charge in [0, 0.05) is 26.3 Å². The quantitative estimate of drug-likeness (QED) is 0.803. The van der Waals surface area contributed by atoms with Crippen LogP contribution >= 0.6 is 0 Å². The smallest absolute Gasteiger partial charge is 0.246 e. The highest BCUT2D eigenvalue weighted by molar-refractivity contribution is 7.89. The second-order valence-electron chi connectivity index (χ2n) is 5.80. The fraction of sp³-hybridized carbons (Fsp3) is 0.375.